The first kappa shape index (κ1) is 48.9. The summed E-state index contributed by atoms with van der Waals surface area (Å²) in [5.74, 6) is -0.258. The van der Waals surface area contributed by atoms with Gasteiger partial charge in [-0.2, -0.15) is 4.98 Å². The highest BCUT2D eigenvalue weighted by Gasteiger charge is 2.46. The minimum Gasteiger partial charge on any atom is -0.391 e. The number of sulfonamides is 1. The van der Waals surface area contributed by atoms with Gasteiger partial charge in [-0.1, -0.05) is 69.7 Å². The molecule has 4 aromatic rings. The number of benzene rings is 2. The maximum atomic E-state index is 14.4. The van der Waals surface area contributed by atoms with Crippen LogP contribution in [0.3, 0.4) is 0 Å². The van der Waals surface area contributed by atoms with Crippen molar-refractivity contribution in [3.05, 3.63) is 81.5 Å². The van der Waals surface area contributed by atoms with Crippen LogP contribution in [0.15, 0.2) is 64.7 Å². The number of likely N-dealkylation sites (tertiary alicyclic amines) is 1. The van der Waals surface area contributed by atoms with E-state index in [4.69, 9.17) is 4.98 Å². The molecular weight excluding hydrogens is 955 g/mol. The number of nitrogens with one attached hydrogen (secondary N) is 3. The van der Waals surface area contributed by atoms with E-state index in [2.05, 4.69) is 64.9 Å². The van der Waals surface area contributed by atoms with E-state index < -0.39 is 50.7 Å². The van der Waals surface area contributed by atoms with Crippen molar-refractivity contribution >= 4 is 72.5 Å². The molecule has 1 aliphatic carbocycles. The molecule has 3 fully saturated rings. The van der Waals surface area contributed by atoms with Crippen molar-refractivity contribution in [2.45, 2.75) is 134 Å². The van der Waals surface area contributed by atoms with Crippen LogP contribution in [0, 0.1) is 18.3 Å². The summed E-state index contributed by atoms with van der Waals surface area (Å²) in [6.45, 7) is 11.0. The zero-order valence-electron chi connectivity index (χ0n) is 39.1. The Morgan fingerprint density at radius 2 is 1.66 bits per heavy atom. The number of amides is 3. The van der Waals surface area contributed by atoms with Gasteiger partial charge in [-0.25, -0.2) is 22.7 Å². The SMILES string of the molecule is Cc1ncsc1-c1ccc([C@H](C)NC(=O)C2C[C@@H](O)CN2C(=O)[C@@H](NC(=O)C2CCCC(S(=O)(=O)N3CCC(Nc4ncc(Br)c(N5CCCc6ccccc65)n4)CC3)CC2)C(C)(C)C)cc1. The Morgan fingerprint density at radius 1 is 0.910 bits per heavy atom. The van der Waals surface area contributed by atoms with Crippen LogP contribution in [0.5, 0.6) is 0 Å². The standard InChI is InChI=1S/C49H64BrN9O6S2/c1-30(32-15-17-34(18-16-32)42-31(2)52-29-66-42)53-46(62)41-26-37(60)28-59(41)47(63)43(49(3,4)5)55-45(61)35-11-8-13-38(20-19-35)67(64,65)57-24-21-36(22-25-57)54-48-51-27-39(50)44(56-48)58-23-9-12-33-10-6-7-14-40(33)58/h6-7,10,14-18,27,29-30,35-38,41,43,60H,8-9,11-13,19-26,28H2,1-5H3,(H,53,62)(H,55,61)(H,51,54,56)/t30-,35?,37+,38?,41?,43+/m0/s1. The lowest BCUT2D eigenvalue weighted by molar-refractivity contribution is -0.144. The number of nitrogens with zero attached hydrogens (tertiary/aromatic N) is 6. The lowest BCUT2D eigenvalue weighted by atomic mass is 9.84. The van der Waals surface area contributed by atoms with Gasteiger partial charge in [0.05, 0.1) is 38.0 Å². The molecule has 2 aromatic carbocycles. The highest BCUT2D eigenvalue weighted by atomic mass is 79.9. The molecule has 4 N–H and O–H groups in total. The number of hydrogen-bond donors (Lipinski definition) is 4. The number of aromatic nitrogens is 3. The second-order valence-corrected chi connectivity index (χ2v) is 23.7. The maximum Gasteiger partial charge on any atom is 0.246 e. The third-order valence-electron chi connectivity index (χ3n) is 14.0. The molecule has 360 valence electrons. The Labute approximate surface area is 407 Å². The molecule has 0 bridgehead atoms. The Morgan fingerprint density at radius 3 is 2.37 bits per heavy atom. The molecule has 18 heteroatoms. The number of β-amino-alcohol motifs (C(OH)–C–C–N with tert-alkyl or cyclic N) is 1. The highest BCUT2D eigenvalue weighted by molar-refractivity contribution is 9.10. The molecule has 4 aliphatic rings. The quantitative estimate of drug-likeness (QED) is 0.104. The van der Waals surface area contributed by atoms with Crippen molar-refractivity contribution in [2.75, 3.05) is 36.4 Å². The van der Waals surface area contributed by atoms with Gasteiger partial charge in [0, 0.05) is 56.4 Å². The van der Waals surface area contributed by atoms with Gasteiger partial charge in [0.2, 0.25) is 33.7 Å². The van der Waals surface area contributed by atoms with Gasteiger partial charge in [-0.15, -0.1) is 11.3 Å². The number of aliphatic hydroxyl groups excluding tert-OH is 1. The van der Waals surface area contributed by atoms with E-state index in [-0.39, 0.29) is 36.9 Å². The Balaban J connectivity index is 0.842. The van der Waals surface area contributed by atoms with Crippen LogP contribution in [0.1, 0.15) is 108 Å². The largest absolute Gasteiger partial charge is 0.391 e. The molecular formula is C49H64BrN9O6S2. The lowest BCUT2D eigenvalue weighted by Gasteiger charge is -2.36. The number of rotatable bonds is 12. The molecule has 3 aliphatic heterocycles. The number of para-hydroxylation sites is 1. The van der Waals surface area contributed by atoms with Crippen LogP contribution >= 0.6 is 27.3 Å². The maximum absolute atomic E-state index is 14.4. The molecule has 5 heterocycles. The molecule has 2 aromatic heterocycles. The van der Waals surface area contributed by atoms with Gasteiger partial charge < -0.3 is 30.9 Å². The third-order valence-corrected chi connectivity index (χ3v) is 17.9. The van der Waals surface area contributed by atoms with Crippen LogP contribution < -0.4 is 20.9 Å². The van der Waals surface area contributed by atoms with E-state index in [0.717, 1.165) is 57.1 Å². The molecule has 15 nitrogen and oxygen atoms in total. The molecule has 0 spiro atoms. The first-order valence-corrected chi connectivity index (χ1v) is 26.9. The fraction of sp³-hybridized carbons (Fsp3) is 0.551. The monoisotopic (exact) mass is 1020 g/mol. The van der Waals surface area contributed by atoms with E-state index in [0.29, 0.717) is 64.0 Å². The number of thiazole rings is 1. The summed E-state index contributed by atoms with van der Waals surface area (Å²) in [5.41, 5.74) is 6.43. The number of aryl methyl sites for hydroxylation is 2. The Hall–Kier alpha value is -4.49. The summed E-state index contributed by atoms with van der Waals surface area (Å²) in [6.07, 6.45) is 6.47. The first-order valence-electron chi connectivity index (χ1n) is 23.7. The summed E-state index contributed by atoms with van der Waals surface area (Å²) in [7, 11) is -3.63. The van der Waals surface area contributed by atoms with E-state index in [9.17, 15) is 27.9 Å². The van der Waals surface area contributed by atoms with E-state index in [1.54, 1.807) is 21.8 Å². The van der Waals surface area contributed by atoms with Crippen LogP contribution in [-0.2, 0) is 30.8 Å². The number of aliphatic hydroxyl groups is 1. The zero-order chi connectivity index (χ0) is 47.6. The topological polar surface area (TPSA) is 190 Å². The highest BCUT2D eigenvalue weighted by Crippen LogP contribution is 2.37. The van der Waals surface area contributed by atoms with Gasteiger partial charge in [0.15, 0.2) is 5.82 Å². The van der Waals surface area contributed by atoms with Gasteiger partial charge >= 0.3 is 0 Å². The number of carbonyl (C=O) groups excluding carboxylic acids is 3. The minimum absolute atomic E-state index is 0.00875. The second-order valence-electron chi connectivity index (χ2n) is 19.8. The molecule has 67 heavy (non-hydrogen) atoms. The number of piperidine rings is 1. The van der Waals surface area contributed by atoms with Crippen molar-refractivity contribution in [2.24, 2.45) is 11.3 Å². The van der Waals surface area contributed by atoms with Crippen LogP contribution in [0.4, 0.5) is 17.5 Å². The summed E-state index contributed by atoms with van der Waals surface area (Å²) < 4.78 is 30.7. The summed E-state index contributed by atoms with van der Waals surface area (Å²) in [6, 6.07) is 14.1. The number of carbonyl (C=O) groups is 3. The summed E-state index contributed by atoms with van der Waals surface area (Å²) >= 11 is 5.24. The molecule has 2 saturated heterocycles. The van der Waals surface area contributed by atoms with Crippen molar-refractivity contribution in [1.82, 2.24) is 34.8 Å². The number of fused-ring (bicyclic) bond motifs is 1. The normalized spacial score (nSPS) is 22.9. The molecule has 6 atom stereocenters. The van der Waals surface area contributed by atoms with Gasteiger partial charge in [0.1, 0.15) is 12.1 Å². The van der Waals surface area contributed by atoms with Crippen molar-refractivity contribution < 1.29 is 27.9 Å². The number of hydrogen-bond acceptors (Lipinski definition) is 12. The first-order chi connectivity index (χ1) is 32.0. The molecule has 3 unspecified atom stereocenters. The molecule has 1 saturated carbocycles. The second kappa shape index (κ2) is 20.6. The van der Waals surface area contributed by atoms with Gasteiger partial charge in [0.25, 0.3) is 0 Å². The lowest BCUT2D eigenvalue weighted by Crippen LogP contribution is -2.58. The van der Waals surface area contributed by atoms with Crippen LogP contribution in [0.2, 0.25) is 0 Å². The Kier molecular flexibility index (Phi) is 15.1. The minimum atomic E-state index is -3.63. The predicted molar refractivity (Wildman–Crippen MR) is 265 cm³/mol. The van der Waals surface area contributed by atoms with Crippen molar-refractivity contribution in [3.63, 3.8) is 0 Å². The zero-order valence-corrected chi connectivity index (χ0v) is 42.3. The fourth-order valence-corrected chi connectivity index (χ4v) is 13.4. The Bertz CT molecular complexity index is 2530. The van der Waals surface area contributed by atoms with Gasteiger partial charge in [-0.05, 0) is 109 Å². The van der Waals surface area contributed by atoms with Crippen molar-refractivity contribution in [3.8, 4) is 10.4 Å². The average Bonchev–Trinajstić information content (AvgIpc) is 3.83. The number of anilines is 3. The van der Waals surface area contributed by atoms with E-state index in [1.807, 2.05) is 70.5 Å². The average molecular weight is 1020 g/mol. The van der Waals surface area contributed by atoms with E-state index in [1.165, 1.54) is 10.5 Å². The smallest absolute Gasteiger partial charge is 0.246 e. The molecule has 0 radical (unpaired) electrons. The summed E-state index contributed by atoms with van der Waals surface area (Å²) in [4.78, 5) is 60.8. The van der Waals surface area contributed by atoms with Gasteiger partial charge in [-0.3, -0.25) is 14.4 Å². The fourth-order valence-electron chi connectivity index (χ4n) is 10.1. The molecule has 8 rings (SSSR count). The van der Waals surface area contributed by atoms with E-state index >= 15 is 0 Å². The predicted octanol–water partition coefficient (Wildman–Crippen LogP) is 7.28. The molecule has 3 amide bonds. The summed E-state index contributed by atoms with van der Waals surface area (Å²) in [5, 5.41) is 19.7. The van der Waals surface area contributed by atoms with Crippen LogP contribution in [-0.4, -0.2) is 111 Å². The third kappa shape index (κ3) is 11.0. The number of halogens is 1. The van der Waals surface area contributed by atoms with Crippen LogP contribution in [0.25, 0.3) is 10.4 Å². The van der Waals surface area contributed by atoms with Crippen molar-refractivity contribution in [1.29, 1.82) is 0 Å².